The molecule has 0 aliphatic carbocycles. The molecule has 0 radical (unpaired) electrons. The molecule has 0 heterocycles. The molecule has 0 aromatic heterocycles. The topological polar surface area (TPSA) is 84.2 Å². The van der Waals surface area contributed by atoms with Crippen molar-refractivity contribution in [3.8, 4) is 0 Å². The molecular formula is C20H23N3O2S. The maximum absolute atomic E-state index is 12.5. The van der Waals surface area contributed by atoms with Crippen LogP contribution in [0.15, 0.2) is 48.5 Å². The van der Waals surface area contributed by atoms with Crippen LogP contribution in [-0.2, 0) is 4.79 Å². The van der Waals surface area contributed by atoms with Crippen LogP contribution >= 0.6 is 12.2 Å². The number of nitrogen functional groups attached to an aromatic ring is 1. The van der Waals surface area contributed by atoms with Crippen LogP contribution in [0.25, 0.3) is 0 Å². The Morgan fingerprint density at radius 2 is 1.77 bits per heavy atom. The molecule has 2 aromatic rings. The smallest absolute Gasteiger partial charge is 0.226 e. The molecule has 26 heavy (non-hydrogen) atoms. The maximum Gasteiger partial charge on any atom is 0.226 e. The summed E-state index contributed by atoms with van der Waals surface area (Å²) in [5.41, 5.74) is 7.98. The van der Waals surface area contributed by atoms with Crippen molar-refractivity contribution < 1.29 is 9.59 Å². The molecule has 4 N–H and O–H groups in total. The predicted octanol–water partition coefficient (Wildman–Crippen LogP) is 3.89. The summed E-state index contributed by atoms with van der Waals surface area (Å²) in [6.45, 7) is 2.08. The maximum atomic E-state index is 12.5. The van der Waals surface area contributed by atoms with E-state index >= 15 is 0 Å². The van der Waals surface area contributed by atoms with Gasteiger partial charge in [-0.05, 0) is 36.8 Å². The first kappa shape index (κ1) is 19.6. The molecule has 6 heteroatoms. The lowest BCUT2D eigenvalue weighted by molar-refractivity contribution is -0.119. The Hall–Kier alpha value is -2.73. The number of carbonyl (C=O) groups excluding carboxylic acids is 2. The average Bonchev–Trinajstić information content (AvgIpc) is 2.64. The van der Waals surface area contributed by atoms with E-state index in [1.165, 1.54) is 0 Å². The highest BCUT2D eigenvalue weighted by Crippen LogP contribution is 2.22. The van der Waals surface area contributed by atoms with E-state index < -0.39 is 0 Å². The lowest BCUT2D eigenvalue weighted by atomic mass is 10.0. The molecule has 5 nitrogen and oxygen atoms in total. The number of hydrogen-bond acceptors (Lipinski definition) is 4. The van der Waals surface area contributed by atoms with Crippen molar-refractivity contribution in [2.75, 3.05) is 11.1 Å². The number of rotatable bonds is 7. The molecule has 0 unspecified atom stereocenters. The highest BCUT2D eigenvalue weighted by molar-refractivity contribution is 7.80. The monoisotopic (exact) mass is 369 g/mol. The number of nitrogens with one attached hydrogen (secondary N) is 2. The van der Waals surface area contributed by atoms with E-state index in [0.717, 1.165) is 19.3 Å². The van der Waals surface area contributed by atoms with E-state index in [9.17, 15) is 9.59 Å². The number of nitrogens with two attached hydrogens (primary N) is 1. The second kappa shape index (κ2) is 9.68. The fourth-order valence-electron chi connectivity index (χ4n) is 2.44. The molecule has 2 aromatic carbocycles. The third kappa shape index (κ3) is 5.67. The van der Waals surface area contributed by atoms with Crippen molar-refractivity contribution in [2.24, 2.45) is 0 Å². The van der Waals surface area contributed by atoms with E-state index in [4.69, 9.17) is 18.0 Å². The minimum atomic E-state index is -0.133. The molecule has 0 atom stereocenters. The van der Waals surface area contributed by atoms with E-state index in [0.29, 0.717) is 28.9 Å². The molecule has 2 rings (SSSR count). The summed E-state index contributed by atoms with van der Waals surface area (Å²) in [5, 5.41) is 5.71. The summed E-state index contributed by atoms with van der Waals surface area (Å²) < 4.78 is 0. The number of benzene rings is 2. The molecule has 136 valence electrons. The molecule has 0 aliphatic heterocycles. The number of unbranched alkanes of at least 4 members (excludes halogenated alkanes) is 2. The van der Waals surface area contributed by atoms with E-state index in [2.05, 4.69) is 17.6 Å². The summed E-state index contributed by atoms with van der Waals surface area (Å²) in [7, 11) is 0. The summed E-state index contributed by atoms with van der Waals surface area (Å²) in [4.78, 5) is 24.4. The zero-order valence-electron chi connectivity index (χ0n) is 14.7. The van der Waals surface area contributed by atoms with Crippen LogP contribution in [0.2, 0.25) is 0 Å². The summed E-state index contributed by atoms with van der Waals surface area (Å²) >= 11 is 5.17. The number of carbonyl (C=O) groups is 2. The van der Waals surface area contributed by atoms with Gasteiger partial charge in [-0.3, -0.25) is 9.59 Å². The van der Waals surface area contributed by atoms with Gasteiger partial charge in [-0.15, -0.1) is 0 Å². The van der Waals surface area contributed by atoms with Gasteiger partial charge in [0.05, 0.1) is 11.4 Å². The van der Waals surface area contributed by atoms with E-state index in [1.807, 2.05) is 18.2 Å². The fourth-order valence-corrected chi connectivity index (χ4v) is 2.66. The van der Waals surface area contributed by atoms with Crippen molar-refractivity contribution in [1.29, 1.82) is 0 Å². The Bertz CT molecular complexity index is 791. The number of hydrogen-bond donors (Lipinski definition) is 3. The van der Waals surface area contributed by atoms with Crippen molar-refractivity contribution >= 4 is 40.4 Å². The van der Waals surface area contributed by atoms with Gasteiger partial charge in [0.1, 0.15) is 0 Å². The highest BCUT2D eigenvalue weighted by Gasteiger charge is 2.12. The number of anilines is 2. The Morgan fingerprint density at radius 1 is 1.04 bits per heavy atom. The SMILES string of the molecule is CCCCCC(=O)NC(=S)Nc1cc(C(=O)c2ccccc2)ccc1N. The van der Waals surface area contributed by atoms with Gasteiger partial charge in [0, 0.05) is 17.5 Å². The molecule has 0 bridgehead atoms. The van der Waals surface area contributed by atoms with Gasteiger partial charge in [-0.25, -0.2) is 0 Å². The van der Waals surface area contributed by atoms with Gasteiger partial charge >= 0.3 is 0 Å². The molecule has 0 spiro atoms. The van der Waals surface area contributed by atoms with Crippen molar-refractivity contribution in [1.82, 2.24) is 5.32 Å². The highest BCUT2D eigenvalue weighted by atomic mass is 32.1. The summed E-state index contributed by atoms with van der Waals surface area (Å²) in [5.74, 6) is -0.241. The average molecular weight is 369 g/mol. The Kier molecular flexibility index (Phi) is 7.29. The Morgan fingerprint density at radius 3 is 2.46 bits per heavy atom. The predicted molar refractivity (Wildman–Crippen MR) is 109 cm³/mol. The zero-order valence-corrected chi connectivity index (χ0v) is 15.6. The van der Waals surface area contributed by atoms with Crippen LogP contribution in [0.1, 0.15) is 48.5 Å². The lowest BCUT2D eigenvalue weighted by Crippen LogP contribution is -2.34. The first-order valence-electron chi connectivity index (χ1n) is 8.61. The van der Waals surface area contributed by atoms with Crippen LogP contribution in [-0.4, -0.2) is 16.8 Å². The van der Waals surface area contributed by atoms with Gasteiger partial charge in [0.25, 0.3) is 0 Å². The van der Waals surface area contributed by atoms with Crippen LogP contribution in [0.5, 0.6) is 0 Å². The summed E-state index contributed by atoms with van der Waals surface area (Å²) in [6, 6.07) is 13.9. The Labute approximate surface area is 159 Å². The van der Waals surface area contributed by atoms with Crippen LogP contribution < -0.4 is 16.4 Å². The van der Waals surface area contributed by atoms with Crippen molar-refractivity contribution in [3.63, 3.8) is 0 Å². The first-order valence-corrected chi connectivity index (χ1v) is 9.02. The number of ketones is 1. The zero-order chi connectivity index (χ0) is 18.9. The molecule has 0 saturated heterocycles. The molecule has 0 aliphatic rings. The third-order valence-corrected chi connectivity index (χ3v) is 4.06. The van der Waals surface area contributed by atoms with Gasteiger partial charge in [0.2, 0.25) is 5.91 Å². The number of amides is 1. The number of thiocarbonyl (C=S) groups is 1. The van der Waals surface area contributed by atoms with Crippen molar-refractivity contribution in [3.05, 3.63) is 59.7 Å². The van der Waals surface area contributed by atoms with Crippen LogP contribution in [0.4, 0.5) is 11.4 Å². The van der Waals surface area contributed by atoms with Gasteiger partial charge in [-0.2, -0.15) is 0 Å². The Balaban J connectivity index is 2.04. The molecule has 1 amide bonds. The quantitative estimate of drug-likeness (QED) is 0.298. The van der Waals surface area contributed by atoms with Crippen molar-refractivity contribution in [2.45, 2.75) is 32.6 Å². The van der Waals surface area contributed by atoms with Gasteiger partial charge in [0.15, 0.2) is 10.9 Å². The van der Waals surface area contributed by atoms with Gasteiger partial charge in [-0.1, -0.05) is 50.1 Å². The lowest BCUT2D eigenvalue weighted by Gasteiger charge is -2.13. The second-order valence-corrected chi connectivity index (χ2v) is 6.36. The molecule has 0 fully saturated rings. The van der Waals surface area contributed by atoms with E-state index in [1.54, 1.807) is 30.3 Å². The summed E-state index contributed by atoms with van der Waals surface area (Å²) in [6.07, 6.45) is 3.31. The first-order chi connectivity index (χ1) is 12.5. The second-order valence-electron chi connectivity index (χ2n) is 5.96. The minimum Gasteiger partial charge on any atom is -0.397 e. The largest absolute Gasteiger partial charge is 0.397 e. The van der Waals surface area contributed by atoms with E-state index in [-0.39, 0.29) is 16.8 Å². The van der Waals surface area contributed by atoms with Crippen LogP contribution in [0, 0.1) is 0 Å². The fraction of sp³-hybridized carbons (Fsp3) is 0.250. The standard InChI is InChI=1S/C20H23N3O2S/c1-2-3-5-10-18(24)23-20(26)22-17-13-15(11-12-16(17)21)19(25)14-8-6-4-7-9-14/h4,6-9,11-13H,2-3,5,10,21H2,1H3,(H2,22,23,24,26). The molecular weight excluding hydrogens is 346 g/mol. The van der Waals surface area contributed by atoms with Gasteiger partial charge < -0.3 is 16.4 Å². The van der Waals surface area contributed by atoms with Crippen LogP contribution in [0.3, 0.4) is 0 Å². The minimum absolute atomic E-state index is 0.108. The third-order valence-electron chi connectivity index (χ3n) is 3.86. The molecule has 0 saturated carbocycles. The normalized spacial score (nSPS) is 10.2.